The van der Waals surface area contributed by atoms with Gasteiger partial charge in [0, 0.05) is 11.1 Å². The van der Waals surface area contributed by atoms with Crippen LogP contribution in [0, 0.1) is 17.5 Å². The van der Waals surface area contributed by atoms with Gasteiger partial charge >= 0.3 is 0 Å². The summed E-state index contributed by atoms with van der Waals surface area (Å²) in [5.41, 5.74) is 4.76. The molecule has 0 unspecified atom stereocenters. The highest BCUT2D eigenvalue weighted by Gasteiger charge is 2.16. The lowest BCUT2D eigenvalue weighted by Crippen LogP contribution is -2.00. The smallest absolute Gasteiger partial charge is 0.201 e. The van der Waals surface area contributed by atoms with Crippen molar-refractivity contribution in [3.8, 4) is 39.1 Å². The molecule has 4 rings (SSSR count). The number of aryl methyl sites for hydroxylation is 1. The van der Waals surface area contributed by atoms with Crippen LogP contribution in [0.3, 0.4) is 0 Å². The van der Waals surface area contributed by atoms with Crippen molar-refractivity contribution >= 4 is 0 Å². The van der Waals surface area contributed by atoms with Gasteiger partial charge in [-0.1, -0.05) is 74.5 Å². The van der Waals surface area contributed by atoms with E-state index in [-0.39, 0.29) is 17.1 Å². The normalized spacial score (nSPS) is 10.9. The lowest BCUT2D eigenvalue weighted by atomic mass is 9.97. The molecule has 0 aromatic heterocycles. The maximum Gasteiger partial charge on any atom is 0.201 e. The summed E-state index contributed by atoms with van der Waals surface area (Å²) in [5.74, 6) is -2.33. The molecular formula is C29H25F3O. The van der Waals surface area contributed by atoms with E-state index < -0.39 is 11.6 Å². The molecule has 0 N–H and O–H groups in total. The molecule has 0 fully saturated rings. The second kappa shape index (κ2) is 9.95. The van der Waals surface area contributed by atoms with Crippen molar-refractivity contribution in [1.82, 2.24) is 0 Å². The molecule has 0 atom stereocenters. The summed E-state index contributed by atoms with van der Waals surface area (Å²) in [6.45, 7) is 4.30. The molecule has 0 bridgehead atoms. The molecule has 4 heteroatoms. The molecule has 1 nitrogen and oxygen atoms in total. The fourth-order valence-electron chi connectivity index (χ4n) is 3.77. The first-order chi connectivity index (χ1) is 16.0. The van der Waals surface area contributed by atoms with Crippen molar-refractivity contribution in [1.29, 1.82) is 0 Å². The van der Waals surface area contributed by atoms with Gasteiger partial charge in [-0.2, -0.15) is 4.39 Å². The zero-order valence-electron chi connectivity index (χ0n) is 18.7. The Balaban J connectivity index is 1.58. The molecule has 0 radical (unpaired) electrons. The van der Waals surface area contributed by atoms with Crippen LogP contribution < -0.4 is 4.74 Å². The lowest BCUT2D eigenvalue weighted by molar-refractivity contribution is 0.295. The van der Waals surface area contributed by atoms with Crippen LogP contribution in [0.4, 0.5) is 13.2 Å². The number of benzene rings is 4. The number of hydrogen-bond donors (Lipinski definition) is 0. The zero-order valence-corrected chi connectivity index (χ0v) is 18.7. The van der Waals surface area contributed by atoms with Crippen LogP contribution in [-0.4, -0.2) is 6.61 Å². The Morgan fingerprint density at radius 2 is 1.18 bits per heavy atom. The van der Waals surface area contributed by atoms with Gasteiger partial charge in [0.2, 0.25) is 5.82 Å². The largest absolute Gasteiger partial charge is 0.490 e. The Morgan fingerprint density at radius 3 is 1.82 bits per heavy atom. The summed E-state index contributed by atoms with van der Waals surface area (Å²) >= 11 is 0. The van der Waals surface area contributed by atoms with Crippen LogP contribution in [0.15, 0.2) is 78.9 Å². The van der Waals surface area contributed by atoms with Crippen LogP contribution in [0.25, 0.3) is 33.4 Å². The van der Waals surface area contributed by atoms with Crippen LogP contribution in [-0.2, 0) is 6.42 Å². The first-order valence-electron chi connectivity index (χ1n) is 11.1. The number of ether oxygens (including phenoxy) is 1. The summed E-state index contributed by atoms with van der Waals surface area (Å²) < 4.78 is 49.1. The second-order valence-corrected chi connectivity index (χ2v) is 7.91. The minimum Gasteiger partial charge on any atom is -0.490 e. The molecular weight excluding hydrogens is 421 g/mol. The van der Waals surface area contributed by atoms with Gasteiger partial charge in [0.05, 0.1) is 6.61 Å². The van der Waals surface area contributed by atoms with Gasteiger partial charge in [0.25, 0.3) is 0 Å². The van der Waals surface area contributed by atoms with Gasteiger partial charge in [-0.3, -0.25) is 0 Å². The summed E-state index contributed by atoms with van der Waals surface area (Å²) in [6, 6.07) is 22.9. The van der Waals surface area contributed by atoms with Gasteiger partial charge in [0.15, 0.2) is 11.6 Å². The zero-order chi connectivity index (χ0) is 23.4. The Hall–Kier alpha value is -3.53. The molecule has 0 aliphatic heterocycles. The van der Waals surface area contributed by atoms with Crippen molar-refractivity contribution in [2.24, 2.45) is 0 Å². The molecule has 0 heterocycles. The third-order valence-electron chi connectivity index (χ3n) is 5.68. The van der Waals surface area contributed by atoms with Crippen LogP contribution in [0.2, 0.25) is 0 Å². The number of rotatable bonds is 7. The Labute approximate surface area is 192 Å². The molecule has 4 aromatic carbocycles. The van der Waals surface area contributed by atoms with Crippen molar-refractivity contribution in [2.45, 2.75) is 26.7 Å². The molecule has 168 valence electrons. The molecule has 4 aromatic rings. The summed E-state index contributed by atoms with van der Waals surface area (Å²) in [6.07, 6.45) is 1.64. The van der Waals surface area contributed by atoms with E-state index in [0.717, 1.165) is 17.5 Å². The maximum absolute atomic E-state index is 14.9. The SMILES string of the molecule is CCCOc1ccc(-c2ccc(-c3ccc(-c4ccc(CC)cc4)c(F)c3)cc2)c(F)c1F. The van der Waals surface area contributed by atoms with E-state index in [9.17, 15) is 13.2 Å². The third-order valence-corrected chi connectivity index (χ3v) is 5.68. The van der Waals surface area contributed by atoms with Gasteiger partial charge in [0.1, 0.15) is 5.82 Å². The molecule has 0 saturated carbocycles. The predicted molar refractivity (Wildman–Crippen MR) is 128 cm³/mol. The lowest BCUT2D eigenvalue weighted by Gasteiger charge is -2.11. The average Bonchev–Trinajstić information content (AvgIpc) is 2.85. The molecule has 0 aliphatic carbocycles. The summed E-state index contributed by atoms with van der Waals surface area (Å²) in [5, 5.41) is 0. The van der Waals surface area contributed by atoms with Crippen molar-refractivity contribution in [3.63, 3.8) is 0 Å². The van der Waals surface area contributed by atoms with E-state index in [4.69, 9.17) is 4.74 Å². The molecule has 0 saturated heterocycles. The van der Waals surface area contributed by atoms with Crippen LogP contribution >= 0.6 is 0 Å². The highest BCUT2D eigenvalue weighted by molar-refractivity contribution is 5.74. The fraction of sp³-hybridized carbons (Fsp3) is 0.172. The fourth-order valence-corrected chi connectivity index (χ4v) is 3.77. The van der Waals surface area contributed by atoms with Crippen molar-refractivity contribution in [2.75, 3.05) is 6.61 Å². The van der Waals surface area contributed by atoms with Gasteiger partial charge in [-0.05, 0) is 58.9 Å². The Bertz CT molecular complexity index is 1250. The highest BCUT2D eigenvalue weighted by atomic mass is 19.2. The van der Waals surface area contributed by atoms with Crippen LogP contribution in [0.5, 0.6) is 5.75 Å². The molecule has 33 heavy (non-hydrogen) atoms. The van der Waals surface area contributed by atoms with Crippen LogP contribution in [0.1, 0.15) is 25.8 Å². The molecule has 0 aliphatic rings. The average molecular weight is 447 g/mol. The second-order valence-electron chi connectivity index (χ2n) is 7.91. The monoisotopic (exact) mass is 446 g/mol. The maximum atomic E-state index is 14.9. The summed E-state index contributed by atoms with van der Waals surface area (Å²) in [7, 11) is 0. The molecule has 0 spiro atoms. The topological polar surface area (TPSA) is 9.23 Å². The Kier molecular flexibility index (Phi) is 6.83. The minimum atomic E-state index is -0.991. The number of halogens is 3. The predicted octanol–water partition coefficient (Wildman–Crippen LogP) is 8.46. The van der Waals surface area contributed by atoms with Crippen molar-refractivity contribution in [3.05, 3.63) is 102 Å². The van der Waals surface area contributed by atoms with Gasteiger partial charge in [-0.15, -0.1) is 0 Å². The standard InChI is InChI=1S/C29H25F3O/c1-3-17-33-27-16-15-25(28(31)29(27)32)22-11-9-20(10-12-22)23-13-14-24(26(30)18-23)21-7-5-19(4-2)6-8-21/h5-16,18H,3-4,17H2,1-2H3. The minimum absolute atomic E-state index is 0.0883. The van der Waals surface area contributed by atoms with Gasteiger partial charge in [-0.25, -0.2) is 8.78 Å². The van der Waals surface area contributed by atoms with E-state index in [2.05, 4.69) is 6.92 Å². The van der Waals surface area contributed by atoms with E-state index in [1.165, 1.54) is 23.8 Å². The summed E-state index contributed by atoms with van der Waals surface area (Å²) in [4.78, 5) is 0. The third kappa shape index (κ3) is 4.80. The van der Waals surface area contributed by atoms with E-state index >= 15 is 0 Å². The van der Waals surface area contributed by atoms with E-state index in [0.29, 0.717) is 29.7 Å². The quantitative estimate of drug-likeness (QED) is 0.277. The first-order valence-corrected chi connectivity index (χ1v) is 11.1. The highest BCUT2D eigenvalue weighted by Crippen LogP contribution is 2.33. The Morgan fingerprint density at radius 1 is 0.606 bits per heavy atom. The van der Waals surface area contributed by atoms with E-state index in [1.54, 1.807) is 30.3 Å². The molecule has 0 amide bonds. The van der Waals surface area contributed by atoms with Gasteiger partial charge < -0.3 is 4.74 Å². The van der Waals surface area contributed by atoms with Crippen molar-refractivity contribution < 1.29 is 17.9 Å². The first kappa shape index (κ1) is 22.7. The van der Waals surface area contributed by atoms with E-state index in [1.807, 2.05) is 37.3 Å². The number of hydrogen-bond acceptors (Lipinski definition) is 1.